The van der Waals surface area contributed by atoms with Crippen molar-refractivity contribution in [1.82, 2.24) is 0 Å². The molecule has 2 aromatic rings. The lowest BCUT2D eigenvalue weighted by Crippen LogP contribution is -2.13. The molecule has 2 amide bonds. The Morgan fingerprint density at radius 3 is 2.32 bits per heavy atom. The van der Waals surface area contributed by atoms with E-state index in [0.717, 1.165) is 28.8 Å². The van der Waals surface area contributed by atoms with Crippen molar-refractivity contribution in [1.29, 1.82) is 0 Å². The number of aryl methyl sites for hydroxylation is 1. The van der Waals surface area contributed by atoms with Gasteiger partial charge >= 0.3 is 0 Å². The van der Waals surface area contributed by atoms with Gasteiger partial charge in [0.05, 0.1) is 5.56 Å². The molecular formula is C16H19ClN2O2S. The predicted molar refractivity (Wildman–Crippen MR) is 92.3 cm³/mol. The van der Waals surface area contributed by atoms with E-state index in [4.69, 9.17) is 22.1 Å². The molecule has 0 aliphatic carbocycles. The highest BCUT2D eigenvalue weighted by atomic mass is 35.5. The smallest absolute Gasteiger partial charge is 0.250 e. The van der Waals surface area contributed by atoms with Crippen LogP contribution in [-0.4, -0.2) is 12.3 Å². The van der Waals surface area contributed by atoms with Gasteiger partial charge in [-0.05, 0) is 36.6 Å². The van der Waals surface area contributed by atoms with Crippen molar-refractivity contribution in [2.75, 3.05) is 0 Å². The Hall–Kier alpha value is -1.85. The zero-order valence-electron chi connectivity index (χ0n) is 12.6. The van der Waals surface area contributed by atoms with E-state index in [1.54, 1.807) is 11.3 Å². The lowest BCUT2D eigenvalue weighted by atomic mass is 10.0. The Labute approximate surface area is 139 Å². The Morgan fingerprint density at radius 2 is 1.86 bits per heavy atom. The van der Waals surface area contributed by atoms with Gasteiger partial charge in [-0.25, -0.2) is 0 Å². The van der Waals surface area contributed by atoms with Gasteiger partial charge in [0.2, 0.25) is 12.3 Å². The predicted octanol–water partition coefficient (Wildman–Crippen LogP) is 3.53. The summed E-state index contributed by atoms with van der Waals surface area (Å²) in [6.07, 6.45) is 2.13. The summed E-state index contributed by atoms with van der Waals surface area (Å²) >= 11 is 7.52. The second-order valence-electron chi connectivity index (χ2n) is 4.60. The molecule has 0 bridgehead atoms. The fourth-order valence-electron chi connectivity index (χ4n) is 2.19. The summed E-state index contributed by atoms with van der Waals surface area (Å²) in [5, 5.41) is 0.687. The van der Waals surface area contributed by atoms with Crippen LogP contribution in [0, 0.1) is 6.92 Å². The molecule has 0 aliphatic rings. The van der Waals surface area contributed by atoms with E-state index in [9.17, 15) is 4.79 Å². The topological polar surface area (TPSA) is 86.2 Å². The number of hydrogen-bond donors (Lipinski definition) is 2. The molecule has 0 saturated carbocycles. The molecule has 4 N–H and O–H groups in total. The molecule has 0 unspecified atom stereocenters. The third-order valence-corrected chi connectivity index (χ3v) is 4.51. The highest BCUT2D eigenvalue weighted by molar-refractivity contribution is 7.16. The molecular weight excluding hydrogens is 320 g/mol. The van der Waals surface area contributed by atoms with Gasteiger partial charge in [0.15, 0.2) is 0 Å². The molecule has 1 aromatic carbocycles. The maximum absolute atomic E-state index is 11.8. The molecule has 1 heterocycles. The van der Waals surface area contributed by atoms with Crippen LogP contribution >= 0.6 is 22.9 Å². The zero-order chi connectivity index (χ0) is 16.7. The molecule has 0 spiro atoms. The van der Waals surface area contributed by atoms with Gasteiger partial charge < -0.3 is 11.5 Å². The van der Waals surface area contributed by atoms with Crippen LogP contribution < -0.4 is 11.5 Å². The minimum atomic E-state index is -0.349. The van der Waals surface area contributed by atoms with Crippen molar-refractivity contribution in [3.8, 4) is 10.4 Å². The standard InChI is InChI=1S/C15H16ClNOS.CH3NO/c1-3-4-12-9(2)19-14(13(12)15(17)18)10-5-7-11(16)8-6-10;2-1-3/h5-8H,3-4H2,1-2H3,(H2,17,18);1H,(H2,2,3). The van der Waals surface area contributed by atoms with Crippen LogP contribution in [0.1, 0.15) is 34.1 Å². The maximum atomic E-state index is 11.8. The lowest BCUT2D eigenvalue weighted by Gasteiger charge is -2.04. The first-order chi connectivity index (χ1) is 10.5. The number of thiophene rings is 1. The summed E-state index contributed by atoms with van der Waals surface area (Å²) in [7, 11) is 0. The van der Waals surface area contributed by atoms with Crippen molar-refractivity contribution in [3.63, 3.8) is 0 Å². The highest BCUT2D eigenvalue weighted by Gasteiger charge is 2.20. The van der Waals surface area contributed by atoms with Gasteiger partial charge in [0.1, 0.15) is 0 Å². The first-order valence-electron chi connectivity index (χ1n) is 6.79. The summed E-state index contributed by atoms with van der Waals surface area (Å²) in [5.41, 5.74) is 12.5. The van der Waals surface area contributed by atoms with Crippen LogP contribution in [0.25, 0.3) is 10.4 Å². The van der Waals surface area contributed by atoms with Crippen LogP contribution in [0.15, 0.2) is 24.3 Å². The molecule has 6 heteroatoms. The minimum absolute atomic E-state index is 0.250. The summed E-state index contributed by atoms with van der Waals surface area (Å²) in [6, 6.07) is 7.51. The number of amides is 2. The molecule has 0 fully saturated rings. The number of carbonyl (C=O) groups is 2. The van der Waals surface area contributed by atoms with Gasteiger partial charge in [-0.3, -0.25) is 9.59 Å². The van der Waals surface area contributed by atoms with Gasteiger partial charge in [-0.15, -0.1) is 11.3 Å². The summed E-state index contributed by atoms with van der Waals surface area (Å²) in [5.74, 6) is -0.349. The van der Waals surface area contributed by atoms with Crippen molar-refractivity contribution >= 4 is 35.3 Å². The van der Waals surface area contributed by atoms with E-state index in [1.807, 2.05) is 31.2 Å². The third kappa shape index (κ3) is 4.32. The molecule has 0 aliphatic heterocycles. The number of rotatable bonds is 4. The Bertz CT molecular complexity index is 651. The number of nitrogens with two attached hydrogens (primary N) is 2. The van der Waals surface area contributed by atoms with Gasteiger partial charge in [0.25, 0.3) is 0 Å². The minimum Gasteiger partial charge on any atom is -0.372 e. The second kappa shape index (κ2) is 8.56. The zero-order valence-corrected chi connectivity index (χ0v) is 14.1. The molecule has 0 radical (unpaired) electrons. The average molecular weight is 339 g/mol. The Kier molecular flexibility index (Phi) is 7.08. The highest BCUT2D eigenvalue weighted by Crippen LogP contribution is 2.37. The normalized spacial score (nSPS) is 9.77. The van der Waals surface area contributed by atoms with Crippen LogP contribution in [0.3, 0.4) is 0 Å². The van der Waals surface area contributed by atoms with Crippen molar-refractivity contribution < 1.29 is 9.59 Å². The van der Waals surface area contributed by atoms with E-state index in [2.05, 4.69) is 12.7 Å². The fourth-order valence-corrected chi connectivity index (χ4v) is 3.53. The molecule has 0 atom stereocenters. The first kappa shape index (κ1) is 18.2. The van der Waals surface area contributed by atoms with Crippen LogP contribution in [0.2, 0.25) is 5.02 Å². The van der Waals surface area contributed by atoms with Crippen LogP contribution in [0.4, 0.5) is 0 Å². The lowest BCUT2D eigenvalue weighted by molar-refractivity contribution is -0.106. The first-order valence-corrected chi connectivity index (χ1v) is 7.99. The average Bonchev–Trinajstić information content (AvgIpc) is 2.78. The number of halogens is 1. The molecule has 4 nitrogen and oxygen atoms in total. The summed E-state index contributed by atoms with van der Waals surface area (Å²) in [4.78, 5) is 22.5. The molecule has 0 saturated heterocycles. The number of primary amides is 2. The van der Waals surface area contributed by atoms with E-state index in [1.165, 1.54) is 4.88 Å². The summed E-state index contributed by atoms with van der Waals surface area (Å²) in [6.45, 7) is 4.14. The number of hydrogen-bond acceptors (Lipinski definition) is 3. The van der Waals surface area contributed by atoms with E-state index in [0.29, 0.717) is 10.6 Å². The van der Waals surface area contributed by atoms with Crippen molar-refractivity contribution in [2.45, 2.75) is 26.7 Å². The quantitative estimate of drug-likeness (QED) is 0.835. The molecule has 118 valence electrons. The van der Waals surface area contributed by atoms with Crippen LogP contribution in [0.5, 0.6) is 0 Å². The Balaban J connectivity index is 0.000000745. The largest absolute Gasteiger partial charge is 0.372 e. The van der Waals surface area contributed by atoms with Crippen molar-refractivity contribution in [2.24, 2.45) is 11.5 Å². The summed E-state index contributed by atoms with van der Waals surface area (Å²) < 4.78 is 0. The van der Waals surface area contributed by atoms with Gasteiger partial charge in [-0.2, -0.15) is 0 Å². The SMILES string of the molecule is CCCc1c(C)sc(-c2ccc(Cl)cc2)c1C(N)=O.NC=O. The van der Waals surface area contributed by atoms with Crippen molar-refractivity contribution in [3.05, 3.63) is 45.3 Å². The Morgan fingerprint density at radius 1 is 1.32 bits per heavy atom. The molecule has 22 heavy (non-hydrogen) atoms. The number of benzene rings is 1. The van der Waals surface area contributed by atoms with Gasteiger partial charge in [0, 0.05) is 14.8 Å². The van der Waals surface area contributed by atoms with Crippen LogP contribution in [-0.2, 0) is 11.2 Å². The second-order valence-corrected chi connectivity index (χ2v) is 6.26. The monoisotopic (exact) mass is 338 g/mol. The van der Waals surface area contributed by atoms with Gasteiger partial charge in [-0.1, -0.05) is 37.1 Å². The number of carbonyl (C=O) groups excluding carboxylic acids is 2. The molecule has 2 rings (SSSR count). The van der Waals surface area contributed by atoms with E-state index >= 15 is 0 Å². The van der Waals surface area contributed by atoms with E-state index in [-0.39, 0.29) is 12.3 Å². The van der Waals surface area contributed by atoms with E-state index < -0.39 is 0 Å². The molecule has 1 aromatic heterocycles. The fraction of sp³-hybridized carbons (Fsp3) is 0.250. The maximum Gasteiger partial charge on any atom is 0.250 e. The third-order valence-electron chi connectivity index (χ3n) is 3.06.